The minimum Gasteiger partial charge on any atom is -0.497 e. The standard InChI is InChI=1S/C21H24N4O/c1-15(2)22-12-13-24-20(16-8-10-17(26-3)11-9-16)14-25-19-7-5-4-6-18(19)23-21(24)25/h4-11,14-15,22H,12-13H2,1-3H3. The van der Waals surface area contributed by atoms with Gasteiger partial charge in [0.25, 0.3) is 0 Å². The second-order valence-electron chi connectivity index (χ2n) is 6.77. The molecule has 26 heavy (non-hydrogen) atoms. The van der Waals surface area contributed by atoms with Gasteiger partial charge < -0.3 is 14.6 Å². The van der Waals surface area contributed by atoms with Crippen LogP contribution >= 0.6 is 0 Å². The third-order valence-corrected chi connectivity index (χ3v) is 4.63. The van der Waals surface area contributed by atoms with E-state index in [2.05, 4.69) is 64.7 Å². The molecular formula is C21H24N4O. The van der Waals surface area contributed by atoms with E-state index >= 15 is 0 Å². The van der Waals surface area contributed by atoms with Crippen LogP contribution in [0.2, 0.25) is 0 Å². The van der Waals surface area contributed by atoms with Crippen molar-refractivity contribution < 1.29 is 4.74 Å². The predicted molar refractivity (Wildman–Crippen MR) is 106 cm³/mol. The molecule has 134 valence electrons. The molecule has 4 aromatic rings. The van der Waals surface area contributed by atoms with Gasteiger partial charge in [-0.05, 0) is 36.4 Å². The van der Waals surface area contributed by atoms with Crippen LogP contribution in [0.15, 0.2) is 54.7 Å². The zero-order chi connectivity index (χ0) is 18.1. The second-order valence-corrected chi connectivity index (χ2v) is 6.77. The van der Waals surface area contributed by atoms with Gasteiger partial charge in [0.2, 0.25) is 5.78 Å². The van der Waals surface area contributed by atoms with E-state index < -0.39 is 0 Å². The topological polar surface area (TPSA) is 43.5 Å². The molecule has 2 aromatic heterocycles. The summed E-state index contributed by atoms with van der Waals surface area (Å²) >= 11 is 0. The first-order valence-electron chi connectivity index (χ1n) is 9.01. The number of imidazole rings is 2. The molecule has 0 saturated heterocycles. The van der Waals surface area contributed by atoms with Crippen molar-refractivity contribution in [2.24, 2.45) is 0 Å². The highest BCUT2D eigenvalue weighted by atomic mass is 16.5. The summed E-state index contributed by atoms with van der Waals surface area (Å²) in [4.78, 5) is 4.87. The smallest absolute Gasteiger partial charge is 0.215 e. The van der Waals surface area contributed by atoms with Crippen LogP contribution in [0.4, 0.5) is 0 Å². The van der Waals surface area contributed by atoms with Crippen LogP contribution in [0.25, 0.3) is 28.1 Å². The zero-order valence-electron chi connectivity index (χ0n) is 15.4. The van der Waals surface area contributed by atoms with E-state index in [4.69, 9.17) is 9.72 Å². The molecule has 0 spiro atoms. The average Bonchev–Trinajstić information content (AvgIpc) is 3.18. The molecule has 0 unspecified atom stereocenters. The lowest BCUT2D eigenvalue weighted by molar-refractivity contribution is 0.415. The van der Waals surface area contributed by atoms with Crippen LogP contribution in [0.3, 0.4) is 0 Å². The molecule has 5 nitrogen and oxygen atoms in total. The van der Waals surface area contributed by atoms with Crippen molar-refractivity contribution in [3.63, 3.8) is 0 Å². The average molecular weight is 348 g/mol. The van der Waals surface area contributed by atoms with Gasteiger partial charge in [-0.3, -0.25) is 4.40 Å². The number of ether oxygens (including phenoxy) is 1. The maximum absolute atomic E-state index is 5.29. The van der Waals surface area contributed by atoms with Crippen molar-refractivity contribution in [2.75, 3.05) is 13.7 Å². The van der Waals surface area contributed by atoms with E-state index in [9.17, 15) is 0 Å². The van der Waals surface area contributed by atoms with Crippen molar-refractivity contribution in [2.45, 2.75) is 26.4 Å². The molecule has 0 aliphatic heterocycles. The molecule has 0 saturated carbocycles. The summed E-state index contributed by atoms with van der Waals surface area (Å²) in [5, 5.41) is 3.50. The number of aromatic nitrogens is 3. The van der Waals surface area contributed by atoms with E-state index in [0.29, 0.717) is 6.04 Å². The lowest BCUT2D eigenvalue weighted by Gasteiger charge is -2.12. The van der Waals surface area contributed by atoms with Crippen LogP contribution in [0, 0.1) is 0 Å². The van der Waals surface area contributed by atoms with Gasteiger partial charge in [-0.1, -0.05) is 26.0 Å². The summed E-state index contributed by atoms with van der Waals surface area (Å²) in [6.07, 6.45) is 2.18. The Morgan fingerprint density at radius 1 is 1.08 bits per heavy atom. The predicted octanol–water partition coefficient (Wildman–Crippen LogP) is 3.96. The van der Waals surface area contributed by atoms with E-state index in [1.165, 1.54) is 0 Å². The van der Waals surface area contributed by atoms with Crippen LogP contribution in [0.5, 0.6) is 5.75 Å². The molecule has 0 aliphatic rings. The Morgan fingerprint density at radius 2 is 1.85 bits per heavy atom. The number of methoxy groups -OCH3 is 1. The maximum atomic E-state index is 5.29. The number of benzene rings is 2. The lowest BCUT2D eigenvalue weighted by Crippen LogP contribution is -2.26. The van der Waals surface area contributed by atoms with Crippen molar-refractivity contribution >= 4 is 16.8 Å². The summed E-state index contributed by atoms with van der Waals surface area (Å²) in [6.45, 7) is 6.09. The molecule has 4 rings (SSSR count). The fourth-order valence-electron chi connectivity index (χ4n) is 3.33. The zero-order valence-corrected chi connectivity index (χ0v) is 15.4. The van der Waals surface area contributed by atoms with Gasteiger partial charge in [-0.25, -0.2) is 4.98 Å². The first-order valence-corrected chi connectivity index (χ1v) is 9.01. The highest BCUT2D eigenvalue weighted by molar-refractivity contribution is 5.81. The Labute approximate surface area is 153 Å². The maximum Gasteiger partial charge on any atom is 0.215 e. The number of hydrogen-bond acceptors (Lipinski definition) is 3. The van der Waals surface area contributed by atoms with Crippen molar-refractivity contribution in [1.82, 2.24) is 19.3 Å². The third-order valence-electron chi connectivity index (χ3n) is 4.63. The largest absolute Gasteiger partial charge is 0.497 e. The highest BCUT2D eigenvalue weighted by Gasteiger charge is 2.15. The Hall–Kier alpha value is -2.79. The summed E-state index contributed by atoms with van der Waals surface area (Å²) in [5.41, 5.74) is 4.47. The van der Waals surface area contributed by atoms with Crippen molar-refractivity contribution in [3.05, 3.63) is 54.7 Å². The molecule has 2 aromatic carbocycles. The number of para-hydroxylation sites is 2. The van der Waals surface area contributed by atoms with Gasteiger partial charge in [0.05, 0.1) is 23.8 Å². The fourth-order valence-corrected chi connectivity index (χ4v) is 3.33. The van der Waals surface area contributed by atoms with Crippen LogP contribution in [0.1, 0.15) is 13.8 Å². The summed E-state index contributed by atoms with van der Waals surface area (Å²) < 4.78 is 9.77. The summed E-state index contributed by atoms with van der Waals surface area (Å²) in [5.74, 6) is 1.84. The van der Waals surface area contributed by atoms with E-state index in [1.807, 2.05) is 18.2 Å². The van der Waals surface area contributed by atoms with E-state index in [1.54, 1.807) is 7.11 Å². The molecule has 1 N–H and O–H groups in total. The first-order chi connectivity index (χ1) is 12.7. The minimum absolute atomic E-state index is 0.463. The number of fused-ring (bicyclic) bond motifs is 3. The normalized spacial score (nSPS) is 11.7. The molecular weight excluding hydrogens is 324 g/mol. The molecule has 2 heterocycles. The third kappa shape index (κ3) is 2.95. The van der Waals surface area contributed by atoms with E-state index in [0.717, 1.165) is 46.9 Å². The molecule has 5 heteroatoms. The Bertz CT molecular complexity index is 1030. The van der Waals surface area contributed by atoms with Crippen LogP contribution in [-0.4, -0.2) is 33.6 Å². The number of rotatable bonds is 6. The monoisotopic (exact) mass is 348 g/mol. The summed E-state index contributed by atoms with van der Waals surface area (Å²) in [6, 6.07) is 16.9. The Balaban J connectivity index is 1.83. The van der Waals surface area contributed by atoms with Crippen LogP contribution in [-0.2, 0) is 6.54 Å². The molecule has 0 atom stereocenters. The number of nitrogens with zero attached hydrogens (tertiary/aromatic N) is 3. The van der Waals surface area contributed by atoms with Crippen molar-refractivity contribution in [1.29, 1.82) is 0 Å². The molecule has 0 radical (unpaired) electrons. The molecule has 0 bridgehead atoms. The minimum atomic E-state index is 0.463. The van der Waals surface area contributed by atoms with Crippen molar-refractivity contribution in [3.8, 4) is 17.0 Å². The van der Waals surface area contributed by atoms with Gasteiger partial charge in [-0.2, -0.15) is 0 Å². The quantitative estimate of drug-likeness (QED) is 0.573. The van der Waals surface area contributed by atoms with Gasteiger partial charge in [-0.15, -0.1) is 0 Å². The lowest BCUT2D eigenvalue weighted by atomic mass is 10.1. The molecule has 0 aliphatic carbocycles. The van der Waals surface area contributed by atoms with Gasteiger partial charge in [0, 0.05) is 30.9 Å². The summed E-state index contributed by atoms with van der Waals surface area (Å²) in [7, 11) is 1.69. The molecule has 0 fully saturated rings. The van der Waals surface area contributed by atoms with E-state index in [-0.39, 0.29) is 0 Å². The number of hydrogen-bond donors (Lipinski definition) is 1. The van der Waals surface area contributed by atoms with Crippen LogP contribution < -0.4 is 10.1 Å². The molecule has 0 amide bonds. The first kappa shape index (κ1) is 16.7. The van der Waals surface area contributed by atoms with Gasteiger partial charge in [0.15, 0.2) is 0 Å². The Morgan fingerprint density at radius 3 is 2.58 bits per heavy atom. The Kier molecular flexibility index (Phi) is 4.39. The SMILES string of the molecule is COc1ccc(-c2cn3c4ccccc4nc3n2CCNC(C)C)cc1. The number of nitrogens with one attached hydrogen (secondary N) is 1. The second kappa shape index (κ2) is 6.84. The van der Waals surface area contributed by atoms with Gasteiger partial charge in [0.1, 0.15) is 5.75 Å². The fraction of sp³-hybridized carbons (Fsp3) is 0.286. The highest BCUT2D eigenvalue weighted by Crippen LogP contribution is 2.27. The van der Waals surface area contributed by atoms with Gasteiger partial charge >= 0.3 is 0 Å².